The number of nitrogens with zero attached hydrogens (tertiary/aromatic N) is 4. The Morgan fingerprint density at radius 2 is 1.92 bits per heavy atom. The zero-order valence-corrected chi connectivity index (χ0v) is 15.3. The summed E-state index contributed by atoms with van der Waals surface area (Å²) in [5, 5.41) is 12.2. The van der Waals surface area contributed by atoms with Gasteiger partial charge < -0.3 is 20.0 Å². The van der Waals surface area contributed by atoms with E-state index in [1.165, 1.54) is 0 Å². The fourth-order valence-electron chi connectivity index (χ4n) is 3.59. The van der Waals surface area contributed by atoms with Crippen molar-refractivity contribution in [3.05, 3.63) is 29.8 Å². The quantitative estimate of drug-likeness (QED) is 0.889. The van der Waals surface area contributed by atoms with Crippen LogP contribution in [0.2, 0.25) is 0 Å². The van der Waals surface area contributed by atoms with E-state index in [1.54, 1.807) is 4.90 Å². The van der Waals surface area contributed by atoms with Gasteiger partial charge in [-0.3, -0.25) is 4.79 Å². The normalized spacial score (nSPS) is 20.5. The van der Waals surface area contributed by atoms with Crippen molar-refractivity contribution >= 4 is 17.6 Å². The van der Waals surface area contributed by atoms with Gasteiger partial charge in [0.1, 0.15) is 6.07 Å². The minimum Gasteiger partial charge on any atom is -0.367 e. The van der Waals surface area contributed by atoms with Crippen LogP contribution in [0.4, 0.5) is 10.5 Å². The van der Waals surface area contributed by atoms with Crippen molar-refractivity contribution < 1.29 is 9.59 Å². The van der Waals surface area contributed by atoms with Gasteiger partial charge in [0.05, 0.1) is 17.3 Å². The lowest BCUT2D eigenvalue weighted by molar-refractivity contribution is -0.129. The van der Waals surface area contributed by atoms with E-state index in [-0.39, 0.29) is 24.0 Å². The molecular formula is C19H25N5O2. The molecule has 138 valence electrons. The third-order valence-corrected chi connectivity index (χ3v) is 5.04. The van der Waals surface area contributed by atoms with E-state index < -0.39 is 0 Å². The van der Waals surface area contributed by atoms with Crippen LogP contribution in [0, 0.1) is 11.3 Å². The predicted molar refractivity (Wildman–Crippen MR) is 98.7 cm³/mol. The lowest BCUT2D eigenvalue weighted by Crippen LogP contribution is -2.54. The minimum atomic E-state index is -0.116. The number of para-hydroxylation sites is 1. The number of carbonyl (C=O) groups is 2. The molecule has 3 amide bonds. The Kier molecular flexibility index (Phi) is 5.31. The maximum absolute atomic E-state index is 12.5. The van der Waals surface area contributed by atoms with Crippen molar-refractivity contribution in [1.82, 2.24) is 15.1 Å². The Morgan fingerprint density at radius 1 is 1.23 bits per heavy atom. The van der Waals surface area contributed by atoms with E-state index >= 15 is 0 Å². The Balaban J connectivity index is 1.53. The molecule has 1 N–H and O–H groups in total. The molecule has 0 radical (unpaired) electrons. The van der Waals surface area contributed by atoms with E-state index in [4.69, 9.17) is 0 Å². The predicted octanol–water partition coefficient (Wildman–Crippen LogP) is 1.40. The molecule has 2 aliphatic rings. The maximum Gasteiger partial charge on any atom is 0.317 e. The van der Waals surface area contributed by atoms with Crippen molar-refractivity contribution in [2.75, 3.05) is 37.6 Å². The molecule has 2 aliphatic heterocycles. The van der Waals surface area contributed by atoms with E-state index in [2.05, 4.69) is 16.3 Å². The van der Waals surface area contributed by atoms with Crippen LogP contribution in [0.25, 0.3) is 0 Å². The highest BCUT2D eigenvalue weighted by molar-refractivity contribution is 5.82. The summed E-state index contributed by atoms with van der Waals surface area (Å²) in [6, 6.07) is 9.69. The van der Waals surface area contributed by atoms with Crippen LogP contribution < -0.4 is 10.2 Å². The molecule has 0 saturated carbocycles. The standard InChI is InChI=1S/C19H25N5O2/c1-14(2)24-13-16(11-18(24)25)21-19(26)23-9-7-22(8-10-23)17-6-4-3-5-15(17)12-20/h3-6,14,16H,7-11,13H2,1-2H3,(H,21,26)/t16-/m0/s1. The fourth-order valence-corrected chi connectivity index (χ4v) is 3.59. The highest BCUT2D eigenvalue weighted by Gasteiger charge is 2.33. The number of rotatable bonds is 3. The van der Waals surface area contributed by atoms with Crippen molar-refractivity contribution in [3.63, 3.8) is 0 Å². The molecule has 0 unspecified atom stereocenters. The number of anilines is 1. The number of piperazine rings is 1. The number of hydrogen-bond donors (Lipinski definition) is 1. The van der Waals surface area contributed by atoms with Gasteiger partial charge in [0.2, 0.25) is 5.91 Å². The summed E-state index contributed by atoms with van der Waals surface area (Å²) in [5.74, 6) is 0.100. The second kappa shape index (κ2) is 7.65. The number of nitriles is 1. The van der Waals surface area contributed by atoms with Gasteiger partial charge in [-0.1, -0.05) is 12.1 Å². The summed E-state index contributed by atoms with van der Waals surface area (Å²) >= 11 is 0. The molecular weight excluding hydrogens is 330 g/mol. The minimum absolute atomic E-state index is 0.100. The van der Waals surface area contributed by atoms with Gasteiger partial charge in [-0.05, 0) is 26.0 Å². The second-order valence-electron chi connectivity index (χ2n) is 7.09. The summed E-state index contributed by atoms with van der Waals surface area (Å²) in [4.78, 5) is 30.2. The van der Waals surface area contributed by atoms with Gasteiger partial charge in [-0.15, -0.1) is 0 Å². The third kappa shape index (κ3) is 3.74. The smallest absolute Gasteiger partial charge is 0.317 e. The molecule has 0 spiro atoms. The number of hydrogen-bond acceptors (Lipinski definition) is 4. The molecule has 0 bridgehead atoms. The Hall–Kier alpha value is -2.75. The van der Waals surface area contributed by atoms with E-state index in [0.29, 0.717) is 44.7 Å². The molecule has 2 heterocycles. The van der Waals surface area contributed by atoms with Crippen molar-refractivity contribution in [2.45, 2.75) is 32.4 Å². The number of carbonyl (C=O) groups excluding carboxylic acids is 2. The lowest BCUT2D eigenvalue weighted by atomic mass is 10.1. The lowest BCUT2D eigenvalue weighted by Gasteiger charge is -2.36. The number of amides is 3. The van der Waals surface area contributed by atoms with Gasteiger partial charge in [0, 0.05) is 45.2 Å². The van der Waals surface area contributed by atoms with Crippen molar-refractivity contribution in [2.24, 2.45) is 0 Å². The molecule has 3 rings (SSSR count). The average Bonchev–Trinajstić information content (AvgIpc) is 3.02. The molecule has 2 fully saturated rings. The summed E-state index contributed by atoms with van der Waals surface area (Å²) < 4.78 is 0. The van der Waals surface area contributed by atoms with Gasteiger partial charge in [-0.25, -0.2) is 4.79 Å². The van der Waals surface area contributed by atoms with Crippen LogP contribution >= 0.6 is 0 Å². The number of nitrogens with one attached hydrogen (secondary N) is 1. The summed E-state index contributed by atoms with van der Waals surface area (Å²) in [7, 11) is 0. The van der Waals surface area contributed by atoms with Crippen LogP contribution in [0.1, 0.15) is 25.8 Å². The molecule has 2 saturated heterocycles. The highest BCUT2D eigenvalue weighted by Crippen LogP contribution is 2.21. The molecule has 1 aromatic rings. The molecule has 0 aromatic heterocycles. The van der Waals surface area contributed by atoms with Crippen LogP contribution in [0.15, 0.2) is 24.3 Å². The fraction of sp³-hybridized carbons (Fsp3) is 0.526. The second-order valence-corrected chi connectivity index (χ2v) is 7.09. The summed E-state index contributed by atoms with van der Waals surface area (Å²) in [6.07, 6.45) is 0.374. The Bertz CT molecular complexity index is 719. The molecule has 26 heavy (non-hydrogen) atoms. The highest BCUT2D eigenvalue weighted by atomic mass is 16.2. The zero-order valence-electron chi connectivity index (χ0n) is 15.3. The molecule has 1 atom stereocenters. The van der Waals surface area contributed by atoms with Gasteiger partial charge in [0.25, 0.3) is 0 Å². The Morgan fingerprint density at radius 3 is 2.54 bits per heavy atom. The van der Waals surface area contributed by atoms with Crippen LogP contribution in [-0.2, 0) is 4.79 Å². The molecule has 7 heteroatoms. The van der Waals surface area contributed by atoms with Crippen LogP contribution in [0.3, 0.4) is 0 Å². The monoisotopic (exact) mass is 355 g/mol. The van der Waals surface area contributed by atoms with Gasteiger partial charge >= 0.3 is 6.03 Å². The summed E-state index contributed by atoms with van der Waals surface area (Å²) in [6.45, 7) is 7.13. The van der Waals surface area contributed by atoms with Gasteiger partial charge in [0.15, 0.2) is 0 Å². The zero-order chi connectivity index (χ0) is 18.7. The SMILES string of the molecule is CC(C)N1C[C@@H](NC(=O)N2CCN(c3ccccc3C#N)CC2)CC1=O. The number of likely N-dealkylation sites (tertiary alicyclic amines) is 1. The van der Waals surface area contributed by atoms with Crippen LogP contribution in [0.5, 0.6) is 0 Å². The topological polar surface area (TPSA) is 79.7 Å². The van der Waals surface area contributed by atoms with E-state index in [1.807, 2.05) is 43.0 Å². The van der Waals surface area contributed by atoms with Crippen molar-refractivity contribution in [1.29, 1.82) is 5.26 Å². The van der Waals surface area contributed by atoms with E-state index in [0.717, 1.165) is 5.69 Å². The van der Waals surface area contributed by atoms with Crippen LogP contribution in [-0.4, -0.2) is 66.5 Å². The first-order valence-corrected chi connectivity index (χ1v) is 9.08. The molecule has 1 aromatic carbocycles. The van der Waals surface area contributed by atoms with Gasteiger partial charge in [-0.2, -0.15) is 5.26 Å². The first-order chi connectivity index (χ1) is 12.5. The first kappa shape index (κ1) is 18.1. The first-order valence-electron chi connectivity index (χ1n) is 9.08. The Labute approximate surface area is 154 Å². The molecule has 7 nitrogen and oxygen atoms in total. The number of urea groups is 1. The maximum atomic E-state index is 12.5. The molecule has 0 aliphatic carbocycles. The van der Waals surface area contributed by atoms with Crippen molar-refractivity contribution in [3.8, 4) is 6.07 Å². The number of benzene rings is 1. The largest absolute Gasteiger partial charge is 0.367 e. The third-order valence-electron chi connectivity index (χ3n) is 5.04. The summed E-state index contributed by atoms with van der Waals surface area (Å²) in [5.41, 5.74) is 1.58. The average molecular weight is 355 g/mol. The van der Waals surface area contributed by atoms with E-state index in [9.17, 15) is 14.9 Å².